The highest BCUT2D eigenvalue weighted by Crippen LogP contribution is 2.34. The van der Waals surface area contributed by atoms with Gasteiger partial charge >= 0.3 is 12.2 Å². The first-order chi connectivity index (χ1) is 16.8. The second kappa shape index (κ2) is 10.7. The van der Waals surface area contributed by atoms with Gasteiger partial charge in [-0.25, -0.2) is 18.4 Å². The summed E-state index contributed by atoms with van der Waals surface area (Å²) >= 11 is 6.03. The number of benzene rings is 2. The van der Waals surface area contributed by atoms with E-state index in [-0.39, 0.29) is 15.5 Å². The van der Waals surface area contributed by atoms with Crippen LogP contribution in [0.5, 0.6) is 0 Å². The number of carbonyl (C=O) groups is 3. The summed E-state index contributed by atoms with van der Waals surface area (Å²) in [7, 11) is 1.10. The van der Waals surface area contributed by atoms with Crippen LogP contribution in [0, 0.1) is 21.7 Å². The largest absolute Gasteiger partial charge is 0.443 e. The summed E-state index contributed by atoms with van der Waals surface area (Å²) in [4.78, 5) is 49.9. The van der Waals surface area contributed by atoms with Crippen molar-refractivity contribution < 1.29 is 37.6 Å². The lowest BCUT2D eigenvalue weighted by Crippen LogP contribution is -2.44. The van der Waals surface area contributed by atoms with Crippen molar-refractivity contribution in [1.29, 1.82) is 0 Å². The molecule has 0 atom stereocenters. The third-order valence-electron chi connectivity index (χ3n) is 4.48. The molecule has 0 bridgehead atoms. The van der Waals surface area contributed by atoms with Gasteiger partial charge in [0.1, 0.15) is 16.9 Å². The Morgan fingerprint density at radius 3 is 1.92 bits per heavy atom. The molecule has 0 radical (unpaired) electrons. The van der Waals surface area contributed by atoms with E-state index in [2.05, 4.69) is 0 Å². The molecule has 10 nitrogen and oxygen atoms in total. The Bertz CT molecular complexity index is 1230. The number of hydrogen-bond acceptors (Lipinski definition) is 7. The van der Waals surface area contributed by atoms with E-state index in [9.17, 15) is 28.9 Å². The minimum absolute atomic E-state index is 0.0588. The number of nitro benzene ring substituents is 1. The number of carbonyl (C=O) groups excluding carboxylic acids is 3. The molecule has 37 heavy (non-hydrogen) atoms. The molecule has 13 heteroatoms. The molecular formula is C24H26ClF2N3O7. The molecule has 0 aliphatic rings. The highest BCUT2D eigenvalue weighted by molar-refractivity contribution is 6.34. The molecule has 0 aliphatic heterocycles. The van der Waals surface area contributed by atoms with Gasteiger partial charge in [0, 0.05) is 19.2 Å². The minimum Gasteiger partial charge on any atom is -0.443 e. The predicted molar refractivity (Wildman–Crippen MR) is 132 cm³/mol. The number of rotatable bonds is 4. The summed E-state index contributed by atoms with van der Waals surface area (Å²) in [6.45, 7) is 8.90. The Kier molecular flexibility index (Phi) is 8.49. The monoisotopic (exact) mass is 541 g/mol. The maximum atomic E-state index is 15.8. The molecule has 0 saturated heterocycles. The summed E-state index contributed by atoms with van der Waals surface area (Å²) in [5, 5.41) is 10.9. The summed E-state index contributed by atoms with van der Waals surface area (Å²) in [6, 6.07) is 4.72. The van der Waals surface area contributed by atoms with Gasteiger partial charge in [-0.3, -0.25) is 14.9 Å². The Hall–Kier alpha value is -3.80. The fourth-order valence-electron chi connectivity index (χ4n) is 2.95. The Morgan fingerprint density at radius 2 is 1.46 bits per heavy atom. The van der Waals surface area contributed by atoms with E-state index in [1.807, 2.05) is 0 Å². The predicted octanol–water partition coefficient (Wildman–Crippen LogP) is 6.48. The molecule has 2 aromatic carbocycles. The highest BCUT2D eigenvalue weighted by Gasteiger charge is 2.38. The molecule has 3 amide bonds. The maximum Gasteiger partial charge on any atom is 0.424 e. The van der Waals surface area contributed by atoms with Gasteiger partial charge in [-0.2, -0.15) is 4.90 Å². The Balaban J connectivity index is 2.65. The molecule has 0 spiro atoms. The average molecular weight is 542 g/mol. The van der Waals surface area contributed by atoms with Crippen LogP contribution < -0.4 is 9.80 Å². The molecule has 0 heterocycles. The quantitative estimate of drug-likeness (QED) is 0.321. The smallest absolute Gasteiger partial charge is 0.424 e. The second-order valence-electron chi connectivity index (χ2n) is 9.81. The van der Waals surface area contributed by atoms with E-state index >= 15 is 4.39 Å². The van der Waals surface area contributed by atoms with E-state index in [1.165, 1.54) is 41.5 Å². The van der Waals surface area contributed by atoms with E-state index in [1.54, 1.807) is 0 Å². The van der Waals surface area contributed by atoms with Gasteiger partial charge in [0.2, 0.25) is 0 Å². The molecule has 2 rings (SSSR count). The first-order valence-electron chi connectivity index (χ1n) is 10.8. The van der Waals surface area contributed by atoms with Crippen molar-refractivity contribution in [1.82, 2.24) is 0 Å². The van der Waals surface area contributed by atoms with E-state index < -0.39 is 62.9 Å². The molecule has 0 N–H and O–H groups in total. The standard InChI is InChI=1S/C24H26ClF2N3O7/c1-23(2,3)36-21(32)29(22(33)37-24(4,5)6)19-16(26)10-11-17(18(19)27)28(7)20(31)14-12-13(30(34)35)8-9-15(14)25/h8-12H,1-7H3. The first kappa shape index (κ1) is 29.4. The number of anilines is 2. The maximum absolute atomic E-state index is 15.8. The molecule has 0 saturated carbocycles. The van der Waals surface area contributed by atoms with Gasteiger partial charge in [0.15, 0.2) is 11.6 Å². The summed E-state index contributed by atoms with van der Waals surface area (Å²) in [5.41, 5.74) is -4.78. The van der Waals surface area contributed by atoms with Crippen molar-refractivity contribution in [3.05, 3.63) is 62.7 Å². The van der Waals surface area contributed by atoms with Gasteiger partial charge in [-0.1, -0.05) is 11.6 Å². The van der Waals surface area contributed by atoms with Gasteiger partial charge < -0.3 is 14.4 Å². The summed E-state index contributed by atoms with van der Waals surface area (Å²) in [5.74, 6) is -3.78. The van der Waals surface area contributed by atoms with Crippen LogP contribution in [-0.2, 0) is 9.47 Å². The van der Waals surface area contributed by atoms with E-state index in [0.717, 1.165) is 37.4 Å². The molecule has 0 aliphatic carbocycles. The van der Waals surface area contributed by atoms with E-state index in [4.69, 9.17) is 21.1 Å². The lowest BCUT2D eigenvalue weighted by molar-refractivity contribution is -0.384. The lowest BCUT2D eigenvalue weighted by atomic mass is 10.1. The van der Waals surface area contributed by atoms with Crippen molar-refractivity contribution in [2.24, 2.45) is 0 Å². The molecular weight excluding hydrogens is 516 g/mol. The normalized spacial score (nSPS) is 11.5. The number of non-ortho nitro benzene ring substituents is 1. The van der Waals surface area contributed by atoms with Gasteiger partial charge in [0.25, 0.3) is 11.6 Å². The number of nitrogens with zero attached hydrogens (tertiary/aromatic N) is 3. The van der Waals surface area contributed by atoms with Gasteiger partial charge in [-0.15, -0.1) is 0 Å². The number of imide groups is 1. The average Bonchev–Trinajstić information content (AvgIpc) is 2.73. The van der Waals surface area contributed by atoms with Crippen molar-refractivity contribution in [2.45, 2.75) is 52.7 Å². The second-order valence-corrected chi connectivity index (χ2v) is 10.2. The zero-order valence-corrected chi connectivity index (χ0v) is 22.0. The molecule has 0 aromatic heterocycles. The van der Waals surface area contributed by atoms with Gasteiger partial charge in [-0.05, 0) is 59.7 Å². The molecule has 0 fully saturated rings. The van der Waals surface area contributed by atoms with Crippen LogP contribution >= 0.6 is 11.6 Å². The topological polar surface area (TPSA) is 119 Å². The van der Waals surface area contributed by atoms with Crippen molar-refractivity contribution in [3.8, 4) is 0 Å². The summed E-state index contributed by atoms with van der Waals surface area (Å²) < 4.78 is 41.1. The lowest BCUT2D eigenvalue weighted by Gasteiger charge is -2.29. The number of halogens is 3. The van der Waals surface area contributed by atoms with Crippen LogP contribution in [0.25, 0.3) is 0 Å². The zero-order chi connectivity index (χ0) is 28.5. The number of ether oxygens (including phenoxy) is 2. The van der Waals surface area contributed by atoms with Crippen molar-refractivity contribution in [2.75, 3.05) is 16.8 Å². The highest BCUT2D eigenvalue weighted by atomic mass is 35.5. The Labute approximate surface area is 216 Å². The van der Waals surface area contributed by atoms with Crippen molar-refractivity contribution >= 4 is 46.8 Å². The van der Waals surface area contributed by atoms with E-state index in [0.29, 0.717) is 4.90 Å². The third-order valence-corrected chi connectivity index (χ3v) is 4.81. The van der Waals surface area contributed by atoms with Crippen LogP contribution in [-0.4, -0.2) is 41.3 Å². The Morgan fingerprint density at radius 1 is 0.946 bits per heavy atom. The number of amides is 3. The minimum atomic E-state index is -1.48. The molecule has 0 unspecified atom stereocenters. The first-order valence-corrected chi connectivity index (χ1v) is 11.2. The fraction of sp³-hybridized carbons (Fsp3) is 0.375. The molecule has 2 aromatic rings. The molecule has 200 valence electrons. The zero-order valence-electron chi connectivity index (χ0n) is 21.2. The summed E-state index contributed by atoms with van der Waals surface area (Å²) in [6.07, 6.45) is -2.85. The van der Waals surface area contributed by atoms with Crippen molar-refractivity contribution in [3.63, 3.8) is 0 Å². The van der Waals surface area contributed by atoms with Crippen LogP contribution in [0.2, 0.25) is 5.02 Å². The SMILES string of the molecule is CN(C(=O)c1cc([N+](=O)[O-])ccc1Cl)c1ccc(F)c(N(C(=O)OC(C)(C)C)C(=O)OC(C)(C)C)c1F. The van der Waals surface area contributed by atoms with Crippen LogP contribution in [0.1, 0.15) is 51.9 Å². The number of nitro groups is 1. The van der Waals surface area contributed by atoms with Crippen LogP contribution in [0.4, 0.5) is 35.4 Å². The number of hydrogen-bond donors (Lipinski definition) is 0. The third kappa shape index (κ3) is 7.13. The van der Waals surface area contributed by atoms with Crippen LogP contribution in [0.15, 0.2) is 30.3 Å². The van der Waals surface area contributed by atoms with Crippen LogP contribution in [0.3, 0.4) is 0 Å². The van der Waals surface area contributed by atoms with Gasteiger partial charge in [0.05, 0.1) is 21.2 Å². The fourth-order valence-corrected chi connectivity index (χ4v) is 3.15.